The zero-order chi connectivity index (χ0) is 14.8. The Bertz CT molecular complexity index is 668. The smallest absolute Gasteiger partial charge is 0.230 e. The van der Waals surface area contributed by atoms with E-state index in [1.807, 2.05) is 6.92 Å². The molecular formula is C15H19N3OS2. The molecule has 3 rings (SSSR count). The van der Waals surface area contributed by atoms with Gasteiger partial charge >= 0.3 is 0 Å². The summed E-state index contributed by atoms with van der Waals surface area (Å²) in [5, 5.41) is 5.14. The summed E-state index contributed by atoms with van der Waals surface area (Å²) < 4.78 is 0. The van der Waals surface area contributed by atoms with Crippen LogP contribution in [-0.4, -0.2) is 27.7 Å². The van der Waals surface area contributed by atoms with Crippen molar-refractivity contribution in [2.24, 2.45) is 0 Å². The molecule has 1 atom stereocenters. The third kappa shape index (κ3) is 3.06. The molecule has 1 aliphatic rings. The number of carbonyl (C=O) groups is 1. The number of aryl methyl sites for hydroxylation is 2. The van der Waals surface area contributed by atoms with Gasteiger partial charge in [-0.1, -0.05) is 18.7 Å². The summed E-state index contributed by atoms with van der Waals surface area (Å²) in [6, 6.07) is 0.230. The summed E-state index contributed by atoms with van der Waals surface area (Å²) in [6.07, 6.45) is 6.07. The highest BCUT2D eigenvalue weighted by molar-refractivity contribution is 8.00. The summed E-state index contributed by atoms with van der Waals surface area (Å²) in [4.78, 5) is 23.2. The van der Waals surface area contributed by atoms with Gasteiger partial charge in [0.25, 0.3) is 0 Å². The molecule has 2 aromatic rings. The lowest BCUT2D eigenvalue weighted by molar-refractivity contribution is -0.119. The van der Waals surface area contributed by atoms with E-state index in [0.29, 0.717) is 5.75 Å². The zero-order valence-electron chi connectivity index (χ0n) is 12.3. The largest absolute Gasteiger partial charge is 0.353 e. The maximum atomic E-state index is 11.9. The van der Waals surface area contributed by atoms with Gasteiger partial charge in [0.15, 0.2) is 0 Å². The Labute approximate surface area is 132 Å². The Morgan fingerprint density at radius 1 is 1.48 bits per heavy atom. The molecule has 2 heterocycles. The number of fused-ring (bicyclic) bond motifs is 3. The van der Waals surface area contributed by atoms with Crippen LogP contribution in [0.2, 0.25) is 0 Å². The van der Waals surface area contributed by atoms with Crippen molar-refractivity contribution in [2.45, 2.75) is 50.6 Å². The van der Waals surface area contributed by atoms with Crippen molar-refractivity contribution in [2.75, 3.05) is 5.75 Å². The third-order valence-corrected chi connectivity index (χ3v) is 6.02. The summed E-state index contributed by atoms with van der Waals surface area (Å²) >= 11 is 3.31. The van der Waals surface area contributed by atoms with Crippen LogP contribution < -0.4 is 5.32 Å². The van der Waals surface area contributed by atoms with Crippen molar-refractivity contribution in [3.63, 3.8) is 0 Å². The van der Waals surface area contributed by atoms with E-state index >= 15 is 0 Å². The van der Waals surface area contributed by atoms with Gasteiger partial charge in [0.05, 0.1) is 5.75 Å². The van der Waals surface area contributed by atoms with E-state index in [-0.39, 0.29) is 11.9 Å². The third-order valence-electron chi connectivity index (χ3n) is 3.83. The predicted molar refractivity (Wildman–Crippen MR) is 88.1 cm³/mol. The lowest BCUT2D eigenvalue weighted by Crippen LogP contribution is -2.33. The maximum absolute atomic E-state index is 11.9. The fourth-order valence-electron chi connectivity index (χ4n) is 2.56. The zero-order valence-corrected chi connectivity index (χ0v) is 13.9. The molecular weight excluding hydrogens is 302 g/mol. The van der Waals surface area contributed by atoms with E-state index in [4.69, 9.17) is 0 Å². The molecule has 0 fully saturated rings. The topological polar surface area (TPSA) is 54.9 Å². The Hall–Kier alpha value is -1.14. The molecule has 6 heteroatoms. The highest BCUT2D eigenvalue weighted by Gasteiger charge is 2.21. The van der Waals surface area contributed by atoms with Crippen molar-refractivity contribution in [3.8, 4) is 0 Å². The second-order valence-electron chi connectivity index (χ2n) is 5.38. The molecule has 0 saturated heterocycles. The first kappa shape index (κ1) is 14.8. The monoisotopic (exact) mass is 321 g/mol. The van der Waals surface area contributed by atoms with E-state index < -0.39 is 0 Å². The average molecular weight is 321 g/mol. The van der Waals surface area contributed by atoms with E-state index in [1.54, 1.807) is 17.7 Å². The summed E-state index contributed by atoms with van der Waals surface area (Å²) in [5.74, 6) is 0.495. The van der Waals surface area contributed by atoms with Crippen LogP contribution in [0.3, 0.4) is 0 Å². The van der Waals surface area contributed by atoms with Crippen LogP contribution in [0.1, 0.15) is 37.1 Å². The molecule has 0 radical (unpaired) electrons. The van der Waals surface area contributed by atoms with Crippen molar-refractivity contribution >= 4 is 39.2 Å². The summed E-state index contributed by atoms with van der Waals surface area (Å²) in [7, 11) is 0. The molecule has 1 N–H and O–H groups in total. The molecule has 0 bridgehead atoms. The van der Waals surface area contributed by atoms with Gasteiger partial charge in [-0.05, 0) is 38.2 Å². The molecule has 1 amide bonds. The van der Waals surface area contributed by atoms with Gasteiger partial charge in [-0.3, -0.25) is 4.79 Å². The van der Waals surface area contributed by atoms with Crippen LogP contribution in [0.15, 0.2) is 11.4 Å². The normalized spacial score (nSPS) is 15.1. The number of nitrogens with zero attached hydrogens (tertiary/aromatic N) is 2. The number of hydrogen-bond acceptors (Lipinski definition) is 5. The Morgan fingerprint density at radius 2 is 2.33 bits per heavy atom. The number of hydrogen-bond donors (Lipinski definition) is 1. The lowest BCUT2D eigenvalue weighted by atomic mass is 10.2. The van der Waals surface area contributed by atoms with Crippen molar-refractivity contribution in [1.29, 1.82) is 0 Å². The van der Waals surface area contributed by atoms with E-state index in [1.165, 1.54) is 34.0 Å². The van der Waals surface area contributed by atoms with Gasteiger partial charge in [-0.2, -0.15) is 0 Å². The number of aromatic nitrogens is 2. The number of amides is 1. The quantitative estimate of drug-likeness (QED) is 0.679. The number of carbonyl (C=O) groups excluding carboxylic acids is 1. The van der Waals surface area contributed by atoms with Gasteiger partial charge < -0.3 is 5.32 Å². The minimum absolute atomic E-state index is 0.0768. The number of nitrogens with one attached hydrogen (secondary N) is 1. The lowest BCUT2D eigenvalue weighted by Gasteiger charge is -2.11. The minimum atomic E-state index is 0.0768. The molecule has 21 heavy (non-hydrogen) atoms. The molecule has 4 nitrogen and oxygen atoms in total. The summed E-state index contributed by atoms with van der Waals surface area (Å²) in [5.41, 5.74) is 1.42. The number of thioether (sulfide) groups is 1. The minimum Gasteiger partial charge on any atom is -0.353 e. The molecule has 0 aromatic carbocycles. The average Bonchev–Trinajstić information content (AvgIpc) is 3.05. The Balaban J connectivity index is 1.77. The van der Waals surface area contributed by atoms with Gasteiger partial charge in [0, 0.05) is 16.3 Å². The molecule has 1 unspecified atom stereocenters. The highest BCUT2D eigenvalue weighted by Crippen LogP contribution is 2.39. The molecule has 112 valence electrons. The first-order chi connectivity index (χ1) is 10.2. The first-order valence-electron chi connectivity index (χ1n) is 7.36. The van der Waals surface area contributed by atoms with E-state index in [0.717, 1.165) is 29.1 Å². The van der Waals surface area contributed by atoms with Gasteiger partial charge in [0.1, 0.15) is 16.2 Å². The second kappa shape index (κ2) is 6.32. The molecule has 2 aromatic heterocycles. The number of rotatable bonds is 5. The SMILES string of the molecule is CCC(C)NC(=O)CSc1ncnc2sc3c(c12)CCC3. The first-order valence-corrected chi connectivity index (χ1v) is 9.16. The van der Waals surface area contributed by atoms with Crippen LogP contribution in [0.25, 0.3) is 10.2 Å². The Morgan fingerprint density at radius 3 is 3.14 bits per heavy atom. The van der Waals surface area contributed by atoms with E-state index in [9.17, 15) is 4.79 Å². The number of thiophene rings is 1. The molecule has 1 aliphatic carbocycles. The second-order valence-corrected chi connectivity index (χ2v) is 7.43. The van der Waals surface area contributed by atoms with E-state index in [2.05, 4.69) is 22.2 Å². The fourth-order valence-corrected chi connectivity index (χ4v) is 4.69. The molecule has 0 saturated carbocycles. The maximum Gasteiger partial charge on any atom is 0.230 e. The van der Waals surface area contributed by atoms with Gasteiger partial charge in [0.2, 0.25) is 5.91 Å². The van der Waals surface area contributed by atoms with Crippen LogP contribution in [0.4, 0.5) is 0 Å². The van der Waals surface area contributed by atoms with Crippen LogP contribution in [0, 0.1) is 0 Å². The van der Waals surface area contributed by atoms with Crippen LogP contribution >= 0.6 is 23.1 Å². The fraction of sp³-hybridized carbons (Fsp3) is 0.533. The van der Waals surface area contributed by atoms with Gasteiger partial charge in [-0.25, -0.2) is 9.97 Å². The van der Waals surface area contributed by atoms with Crippen LogP contribution in [-0.2, 0) is 17.6 Å². The standard InChI is InChI=1S/C15H19N3OS2/c1-3-9(2)18-12(19)7-20-14-13-10-5-4-6-11(10)21-15(13)17-8-16-14/h8-9H,3-7H2,1-2H3,(H,18,19). The van der Waals surface area contributed by atoms with Crippen molar-refractivity contribution in [3.05, 3.63) is 16.8 Å². The van der Waals surface area contributed by atoms with Crippen LogP contribution in [0.5, 0.6) is 0 Å². The molecule has 0 spiro atoms. The highest BCUT2D eigenvalue weighted by atomic mass is 32.2. The molecule has 0 aliphatic heterocycles. The predicted octanol–water partition coefficient (Wildman–Crippen LogP) is 3.19. The van der Waals surface area contributed by atoms with Crippen molar-refractivity contribution < 1.29 is 4.79 Å². The Kier molecular flexibility index (Phi) is 4.45. The summed E-state index contributed by atoms with van der Waals surface area (Å²) in [6.45, 7) is 4.10. The van der Waals surface area contributed by atoms with Gasteiger partial charge in [-0.15, -0.1) is 11.3 Å². The van der Waals surface area contributed by atoms with Crippen molar-refractivity contribution in [1.82, 2.24) is 15.3 Å².